The average Bonchev–Trinajstić information content (AvgIpc) is 2.53. The molecule has 14 heavy (non-hydrogen) atoms. The first-order valence-corrected chi connectivity index (χ1v) is 4.40. The smallest absolute Gasteiger partial charge is 0.340 e. The fourth-order valence-electron chi connectivity index (χ4n) is 1.56. The highest BCUT2D eigenvalue weighted by molar-refractivity contribution is 5.99. The zero-order valence-corrected chi connectivity index (χ0v) is 8.51. The van der Waals surface area contributed by atoms with E-state index in [1.54, 1.807) is 0 Å². The monoisotopic (exact) mass is 195 g/mol. The molecule has 0 amide bonds. The standard InChI is InChI=1S/C10H13NO3/c1-4-7-6(2)11-8(5-12)9(7)10(13)14-3/h5,11H,4H2,1-3H3. The Morgan fingerprint density at radius 1 is 1.57 bits per heavy atom. The van der Waals surface area contributed by atoms with E-state index in [1.807, 2.05) is 13.8 Å². The van der Waals surface area contributed by atoms with Crippen LogP contribution in [0.4, 0.5) is 0 Å². The van der Waals surface area contributed by atoms with Crippen molar-refractivity contribution < 1.29 is 14.3 Å². The van der Waals surface area contributed by atoms with Crippen molar-refractivity contribution in [1.29, 1.82) is 0 Å². The van der Waals surface area contributed by atoms with Crippen LogP contribution in [0, 0.1) is 6.92 Å². The molecule has 4 nitrogen and oxygen atoms in total. The van der Waals surface area contributed by atoms with Crippen LogP contribution in [0.15, 0.2) is 0 Å². The van der Waals surface area contributed by atoms with Crippen molar-refractivity contribution in [3.05, 3.63) is 22.5 Å². The zero-order valence-electron chi connectivity index (χ0n) is 8.51. The van der Waals surface area contributed by atoms with E-state index in [0.717, 1.165) is 11.3 Å². The Balaban J connectivity index is 3.34. The maximum atomic E-state index is 11.4. The van der Waals surface area contributed by atoms with Crippen LogP contribution in [-0.2, 0) is 11.2 Å². The highest BCUT2D eigenvalue weighted by Gasteiger charge is 2.20. The summed E-state index contributed by atoms with van der Waals surface area (Å²) in [5.41, 5.74) is 2.35. The van der Waals surface area contributed by atoms with Crippen LogP contribution in [0.5, 0.6) is 0 Å². The first kappa shape index (κ1) is 10.5. The molecule has 4 heteroatoms. The molecule has 0 unspecified atom stereocenters. The van der Waals surface area contributed by atoms with Crippen LogP contribution < -0.4 is 0 Å². The fourth-order valence-corrected chi connectivity index (χ4v) is 1.56. The number of rotatable bonds is 3. The summed E-state index contributed by atoms with van der Waals surface area (Å²) >= 11 is 0. The summed E-state index contributed by atoms with van der Waals surface area (Å²) in [7, 11) is 1.30. The Morgan fingerprint density at radius 3 is 2.64 bits per heavy atom. The lowest BCUT2D eigenvalue weighted by molar-refractivity contribution is 0.0597. The Morgan fingerprint density at radius 2 is 2.21 bits per heavy atom. The first-order valence-electron chi connectivity index (χ1n) is 4.40. The van der Waals surface area contributed by atoms with Gasteiger partial charge in [0.1, 0.15) is 0 Å². The number of hydrogen-bond acceptors (Lipinski definition) is 3. The summed E-state index contributed by atoms with van der Waals surface area (Å²) in [4.78, 5) is 24.9. The van der Waals surface area contributed by atoms with Crippen LogP contribution in [0.2, 0.25) is 0 Å². The van der Waals surface area contributed by atoms with Gasteiger partial charge in [-0.3, -0.25) is 4.79 Å². The summed E-state index contributed by atoms with van der Waals surface area (Å²) < 4.78 is 4.62. The summed E-state index contributed by atoms with van der Waals surface area (Å²) in [6.45, 7) is 3.76. The van der Waals surface area contributed by atoms with E-state index in [4.69, 9.17) is 0 Å². The second kappa shape index (κ2) is 4.09. The molecule has 0 aromatic carbocycles. The highest BCUT2D eigenvalue weighted by atomic mass is 16.5. The second-order valence-electron chi connectivity index (χ2n) is 2.98. The third kappa shape index (κ3) is 1.55. The Bertz CT molecular complexity index is 366. The number of methoxy groups -OCH3 is 1. The highest BCUT2D eigenvalue weighted by Crippen LogP contribution is 2.19. The molecule has 0 radical (unpaired) electrons. The molecule has 0 spiro atoms. The van der Waals surface area contributed by atoms with Crippen molar-refractivity contribution in [3.63, 3.8) is 0 Å². The molecule has 1 heterocycles. The van der Waals surface area contributed by atoms with Crippen LogP contribution in [0.3, 0.4) is 0 Å². The van der Waals surface area contributed by atoms with Gasteiger partial charge >= 0.3 is 5.97 Å². The van der Waals surface area contributed by atoms with Crippen LogP contribution in [0.25, 0.3) is 0 Å². The van der Waals surface area contributed by atoms with E-state index < -0.39 is 5.97 Å². The van der Waals surface area contributed by atoms with Gasteiger partial charge in [-0.2, -0.15) is 0 Å². The molecule has 0 aliphatic carbocycles. The third-order valence-electron chi connectivity index (χ3n) is 2.21. The number of esters is 1. The van der Waals surface area contributed by atoms with Crippen LogP contribution >= 0.6 is 0 Å². The Kier molecular flexibility index (Phi) is 3.06. The molecule has 0 fully saturated rings. The molecule has 0 atom stereocenters. The Hall–Kier alpha value is -1.58. The minimum absolute atomic E-state index is 0.297. The largest absolute Gasteiger partial charge is 0.465 e. The number of hydrogen-bond donors (Lipinski definition) is 1. The predicted molar refractivity (Wildman–Crippen MR) is 51.6 cm³/mol. The number of aldehydes is 1. The van der Waals surface area contributed by atoms with E-state index in [9.17, 15) is 9.59 Å². The molecule has 1 aromatic heterocycles. The number of aromatic nitrogens is 1. The minimum Gasteiger partial charge on any atom is -0.465 e. The van der Waals surface area contributed by atoms with Gasteiger partial charge in [0.25, 0.3) is 0 Å². The molecule has 1 N–H and O–H groups in total. The van der Waals surface area contributed by atoms with Gasteiger partial charge in [-0.05, 0) is 18.9 Å². The van der Waals surface area contributed by atoms with Gasteiger partial charge in [0.2, 0.25) is 0 Å². The zero-order chi connectivity index (χ0) is 10.7. The molecular formula is C10H13NO3. The number of carbonyl (C=O) groups excluding carboxylic acids is 2. The first-order chi connectivity index (χ1) is 6.65. The Labute approximate surface area is 82.3 Å². The van der Waals surface area contributed by atoms with E-state index in [1.165, 1.54) is 7.11 Å². The molecule has 0 aliphatic rings. The lowest BCUT2D eigenvalue weighted by Crippen LogP contribution is -2.06. The second-order valence-corrected chi connectivity index (χ2v) is 2.98. The summed E-state index contributed by atoms with van der Waals surface area (Å²) in [6.07, 6.45) is 1.33. The van der Waals surface area contributed by atoms with Gasteiger partial charge in [0.15, 0.2) is 6.29 Å². The molecule has 0 aliphatic heterocycles. The molecule has 0 saturated carbocycles. The summed E-state index contributed by atoms with van der Waals surface area (Å²) in [5, 5.41) is 0. The average molecular weight is 195 g/mol. The molecule has 1 aromatic rings. The van der Waals surface area contributed by atoms with Gasteiger partial charge in [0.05, 0.1) is 18.4 Å². The molecule has 1 rings (SSSR count). The van der Waals surface area contributed by atoms with Crippen molar-refractivity contribution in [2.24, 2.45) is 0 Å². The maximum absolute atomic E-state index is 11.4. The van der Waals surface area contributed by atoms with Crippen molar-refractivity contribution in [1.82, 2.24) is 4.98 Å². The van der Waals surface area contributed by atoms with Crippen LogP contribution in [0.1, 0.15) is 39.0 Å². The number of H-pyrrole nitrogens is 1. The van der Waals surface area contributed by atoms with E-state index in [0.29, 0.717) is 24.0 Å². The van der Waals surface area contributed by atoms with Crippen LogP contribution in [-0.4, -0.2) is 24.3 Å². The minimum atomic E-state index is -0.465. The van der Waals surface area contributed by atoms with Crippen molar-refractivity contribution in [2.75, 3.05) is 7.11 Å². The van der Waals surface area contributed by atoms with Gasteiger partial charge in [-0.1, -0.05) is 6.92 Å². The predicted octanol–water partition coefficient (Wildman–Crippen LogP) is 1.48. The van der Waals surface area contributed by atoms with Gasteiger partial charge in [0, 0.05) is 5.69 Å². The normalized spacial score (nSPS) is 9.93. The third-order valence-corrected chi connectivity index (χ3v) is 2.21. The maximum Gasteiger partial charge on any atom is 0.340 e. The number of ether oxygens (including phenoxy) is 1. The topological polar surface area (TPSA) is 59.2 Å². The van der Waals surface area contributed by atoms with E-state index in [-0.39, 0.29) is 0 Å². The number of aromatic amines is 1. The van der Waals surface area contributed by atoms with E-state index >= 15 is 0 Å². The SMILES string of the molecule is CCc1c(C)[nH]c(C=O)c1C(=O)OC. The fraction of sp³-hybridized carbons (Fsp3) is 0.400. The van der Waals surface area contributed by atoms with Crippen molar-refractivity contribution in [2.45, 2.75) is 20.3 Å². The number of carbonyl (C=O) groups is 2. The molecule has 76 valence electrons. The van der Waals surface area contributed by atoms with Gasteiger partial charge in [-0.15, -0.1) is 0 Å². The number of aryl methyl sites for hydroxylation is 1. The molecule has 0 bridgehead atoms. The van der Waals surface area contributed by atoms with Gasteiger partial charge in [-0.25, -0.2) is 4.79 Å². The quantitative estimate of drug-likeness (QED) is 0.587. The van der Waals surface area contributed by atoms with Crippen molar-refractivity contribution in [3.8, 4) is 0 Å². The lowest BCUT2D eigenvalue weighted by atomic mass is 10.1. The summed E-state index contributed by atoms with van der Waals surface area (Å²) in [6, 6.07) is 0. The lowest BCUT2D eigenvalue weighted by Gasteiger charge is -2.00. The molecule has 0 saturated heterocycles. The molecular weight excluding hydrogens is 182 g/mol. The number of nitrogens with one attached hydrogen (secondary N) is 1. The van der Waals surface area contributed by atoms with E-state index in [2.05, 4.69) is 9.72 Å². The summed E-state index contributed by atoms with van der Waals surface area (Å²) in [5.74, 6) is -0.465. The van der Waals surface area contributed by atoms with Crippen molar-refractivity contribution >= 4 is 12.3 Å². The van der Waals surface area contributed by atoms with Gasteiger partial charge < -0.3 is 9.72 Å².